The van der Waals surface area contributed by atoms with Gasteiger partial charge in [0.15, 0.2) is 0 Å². The molecule has 0 saturated carbocycles. The van der Waals surface area contributed by atoms with Gasteiger partial charge >= 0.3 is 0 Å². The van der Waals surface area contributed by atoms with Crippen molar-refractivity contribution >= 4 is 7.85 Å². The molecule has 6 heavy (non-hydrogen) atoms. The van der Waals surface area contributed by atoms with Crippen LogP contribution >= 0.6 is 0 Å². The molecule has 0 aliphatic rings. The molecule has 0 atom stereocenters. The highest BCUT2D eigenvalue weighted by Crippen LogP contribution is 1.76. The van der Waals surface area contributed by atoms with Crippen molar-refractivity contribution < 1.29 is 0 Å². The Morgan fingerprint density at radius 2 is 2.33 bits per heavy atom. The maximum Gasteiger partial charge on any atom is 0.101 e. The van der Waals surface area contributed by atoms with Crippen LogP contribution in [0.25, 0.3) is 0 Å². The molecule has 0 aliphatic carbocycles. The summed E-state index contributed by atoms with van der Waals surface area (Å²) in [5, 5.41) is 3.07. The van der Waals surface area contributed by atoms with Crippen molar-refractivity contribution in [3.8, 4) is 0 Å². The standard InChI is InChI=1S/C4H12BN/c1-6-4-2-3-5/h6H,2-5H2,1H3. The van der Waals surface area contributed by atoms with Gasteiger partial charge in [0.25, 0.3) is 0 Å². The molecule has 0 amide bonds. The summed E-state index contributed by atoms with van der Waals surface area (Å²) in [6, 6.07) is 0. The van der Waals surface area contributed by atoms with Crippen LogP contribution in [0.1, 0.15) is 6.42 Å². The van der Waals surface area contributed by atoms with Crippen molar-refractivity contribution in [2.75, 3.05) is 13.6 Å². The van der Waals surface area contributed by atoms with Gasteiger partial charge < -0.3 is 5.32 Å². The van der Waals surface area contributed by atoms with Crippen molar-refractivity contribution in [3.63, 3.8) is 0 Å². The fourth-order valence-corrected chi connectivity index (χ4v) is 0.354. The van der Waals surface area contributed by atoms with Crippen LogP contribution < -0.4 is 5.32 Å². The van der Waals surface area contributed by atoms with E-state index in [-0.39, 0.29) is 0 Å². The van der Waals surface area contributed by atoms with Crippen LogP contribution in [-0.4, -0.2) is 21.4 Å². The average molecular weight is 85.0 g/mol. The summed E-state index contributed by atoms with van der Waals surface area (Å²) >= 11 is 0. The lowest BCUT2D eigenvalue weighted by Gasteiger charge is -1.89. The van der Waals surface area contributed by atoms with Crippen molar-refractivity contribution in [2.24, 2.45) is 0 Å². The average Bonchev–Trinajstić information content (AvgIpc) is 1.61. The largest absolute Gasteiger partial charge is 0.320 e. The van der Waals surface area contributed by atoms with E-state index in [0.717, 1.165) is 6.54 Å². The molecule has 0 rings (SSSR count). The highest BCUT2D eigenvalue weighted by molar-refractivity contribution is 6.08. The molecule has 1 N–H and O–H groups in total. The van der Waals surface area contributed by atoms with E-state index < -0.39 is 0 Å². The lowest BCUT2D eigenvalue weighted by molar-refractivity contribution is 0.771. The maximum atomic E-state index is 3.07. The fourth-order valence-electron chi connectivity index (χ4n) is 0.354. The fraction of sp³-hybridized carbons (Fsp3) is 1.00. The van der Waals surface area contributed by atoms with Gasteiger partial charge in [0.05, 0.1) is 0 Å². The third-order valence-corrected chi connectivity index (χ3v) is 0.780. The Hall–Kier alpha value is 0.0249. The van der Waals surface area contributed by atoms with E-state index in [4.69, 9.17) is 0 Å². The third kappa shape index (κ3) is 4.02. The molecule has 0 spiro atoms. The first kappa shape index (κ1) is 6.02. The van der Waals surface area contributed by atoms with Crippen molar-refractivity contribution in [1.29, 1.82) is 0 Å². The smallest absolute Gasteiger partial charge is 0.101 e. The lowest BCUT2D eigenvalue weighted by Crippen LogP contribution is -2.06. The van der Waals surface area contributed by atoms with Crippen molar-refractivity contribution in [1.82, 2.24) is 5.32 Å². The van der Waals surface area contributed by atoms with Gasteiger partial charge in [-0.2, -0.15) is 0 Å². The van der Waals surface area contributed by atoms with Gasteiger partial charge in [0.2, 0.25) is 0 Å². The minimum atomic E-state index is 1.16. The zero-order chi connectivity index (χ0) is 4.83. The topological polar surface area (TPSA) is 12.0 Å². The molecule has 2 heteroatoms. The Morgan fingerprint density at radius 1 is 1.67 bits per heavy atom. The summed E-state index contributed by atoms with van der Waals surface area (Å²) in [6.07, 6.45) is 2.59. The molecule has 0 fully saturated rings. The highest BCUT2D eigenvalue weighted by atomic mass is 14.8. The number of hydrogen-bond donors (Lipinski definition) is 1. The minimum absolute atomic E-state index is 1.16. The lowest BCUT2D eigenvalue weighted by atomic mass is 10.0. The van der Waals surface area contributed by atoms with Crippen LogP contribution in [0.2, 0.25) is 6.32 Å². The molecular weight excluding hydrogens is 72.9 g/mol. The first-order chi connectivity index (χ1) is 2.91. The minimum Gasteiger partial charge on any atom is -0.320 e. The molecule has 0 unspecified atom stereocenters. The molecule has 36 valence electrons. The zero-order valence-electron chi connectivity index (χ0n) is 4.62. The van der Waals surface area contributed by atoms with Gasteiger partial charge in [-0.15, -0.1) is 0 Å². The molecule has 0 bridgehead atoms. The Kier molecular flexibility index (Phi) is 5.05. The van der Waals surface area contributed by atoms with Crippen LogP contribution in [0.3, 0.4) is 0 Å². The van der Waals surface area contributed by atoms with Crippen LogP contribution in [0.15, 0.2) is 0 Å². The van der Waals surface area contributed by atoms with E-state index in [2.05, 4.69) is 13.2 Å². The van der Waals surface area contributed by atoms with Crippen molar-refractivity contribution in [3.05, 3.63) is 0 Å². The molecular formula is C4H12BN. The molecule has 0 aromatic heterocycles. The summed E-state index contributed by atoms with van der Waals surface area (Å²) in [6.45, 7) is 1.16. The SMILES string of the molecule is BCCCNC. The number of hydrogen-bond acceptors (Lipinski definition) is 1. The van der Waals surface area contributed by atoms with Gasteiger partial charge in [0.1, 0.15) is 7.85 Å². The summed E-state index contributed by atoms with van der Waals surface area (Å²) in [7, 11) is 4.17. The first-order valence-electron chi connectivity index (χ1n) is 2.56. The second-order valence-corrected chi connectivity index (χ2v) is 1.46. The van der Waals surface area contributed by atoms with E-state index in [1.54, 1.807) is 0 Å². The zero-order valence-corrected chi connectivity index (χ0v) is 4.62. The van der Waals surface area contributed by atoms with Gasteiger partial charge in [-0.3, -0.25) is 0 Å². The maximum absolute atomic E-state index is 3.07. The predicted octanol–water partition coefficient (Wildman–Crippen LogP) is -0.353. The van der Waals surface area contributed by atoms with Crippen LogP contribution in [0, 0.1) is 0 Å². The van der Waals surface area contributed by atoms with Gasteiger partial charge in [0, 0.05) is 0 Å². The molecule has 0 heterocycles. The second kappa shape index (κ2) is 5.02. The second-order valence-electron chi connectivity index (χ2n) is 1.46. The Morgan fingerprint density at radius 3 is 2.50 bits per heavy atom. The van der Waals surface area contributed by atoms with Gasteiger partial charge in [-0.05, 0) is 20.0 Å². The summed E-state index contributed by atoms with van der Waals surface area (Å²) < 4.78 is 0. The summed E-state index contributed by atoms with van der Waals surface area (Å²) in [5.41, 5.74) is 0. The van der Waals surface area contributed by atoms with E-state index in [1.807, 2.05) is 7.05 Å². The first-order valence-corrected chi connectivity index (χ1v) is 2.56. The molecule has 0 saturated heterocycles. The highest BCUT2D eigenvalue weighted by Gasteiger charge is 1.73. The summed E-state index contributed by atoms with van der Waals surface area (Å²) in [5.74, 6) is 0. The Bertz CT molecular complexity index is 19.5. The number of rotatable bonds is 3. The molecule has 1 nitrogen and oxygen atoms in total. The summed E-state index contributed by atoms with van der Waals surface area (Å²) in [4.78, 5) is 0. The van der Waals surface area contributed by atoms with Gasteiger partial charge in [-0.1, -0.05) is 6.32 Å². The Labute approximate surface area is 40.5 Å². The van der Waals surface area contributed by atoms with E-state index in [0.29, 0.717) is 0 Å². The Balaban J connectivity index is 2.34. The molecule has 0 aliphatic heterocycles. The normalized spacial score (nSPS) is 8.83. The van der Waals surface area contributed by atoms with Crippen LogP contribution in [0.4, 0.5) is 0 Å². The quantitative estimate of drug-likeness (QED) is 0.364. The van der Waals surface area contributed by atoms with Crippen LogP contribution in [0.5, 0.6) is 0 Å². The van der Waals surface area contributed by atoms with Gasteiger partial charge in [-0.25, -0.2) is 0 Å². The van der Waals surface area contributed by atoms with E-state index in [1.165, 1.54) is 12.7 Å². The van der Waals surface area contributed by atoms with Crippen LogP contribution in [-0.2, 0) is 0 Å². The number of nitrogens with one attached hydrogen (secondary N) is 1. The molecule has 0 aromatic rings. The predicted molar refractivity (Wildman–Crippen MR) is 31.9 cm³/mol. The van der Waals surface area contributed by atoms with E-state index >= 15 is 0 Å². The van der Waals surface area contributed by atoms with Crippen molar-refractivity contribution in [2.45, 2.75) is 12.7 Å². The van der Waals surface area contributed by atoms with E-state index in [9.17, 15) is 0 Å². The third-order valence-electron chi connectivity index (χ3n) is 0.780. The molecule has 0 aromatic carbocycles. The monoisotopic (exact) mass is 85.1 g/mol. The molecule has 0 radical (unpaired) electrons.